The summed E-state index contributed by atoms with van der Waals surface area (Å²) in [6.45, 7) is 2.78. The van der Waals surface area contributed by atoms with Crippen LogP contribution in [0.25, 0.3) is 21.8 Å². The molecule has 1 aliphatic rings. The van der Waals surface area contributed by atoms with Gasteiger partial charge in [-0.15, -0.1) is 5.53 Å². The molecule has 5 rings (SSSR count). The highest BCUT2D eigenvalue weighted by Gasteiger charge is 2.11. The van der Waals surface area contributed by atoms with Crippen molar-refractivity contribution < 1.29 is 14.2 Å². The Bertz CT molecular complexity index is 1380. The number of nitrogen functional groups attached to an aromatic ring is 2. The highest BCUT2D eigenvalue weighted by Crippen LogP contribution is 2.22. The van der Waals surface area contributed by atoms with Crippen molar-refractivity contribution in [3.8, 4) is 11.5 Å². The molecule has 0 radical (unpaired) electrons. The maximum atomic E-state index is 5.90. The molecule has 1 aliphatic heterocycles. The van der Waals surface area contributed by atoms with E-state index < -0.39 is 0 Å². The number of aromatic nitrogens is 2. The Morgan fingerprint density at radius 3 is 2.03 bits per heavy atom. The zero-order valence-electron chi connectivity index (χ0n) is 19.8. The van der Waals surface area contributed by atoms with Gasteiger partial charge in [-0.1, -0.05) is 0 Å². The van der Waals surface area contributed by atoms with Crippen LogP contribution in [0.4, 0.5) is 11.6 Å². The predicted molar refractivity (Wildman–Crippen MR) is 140 cm³/mol. The van der Waals surface area contributed by atoms with Gasteiger partial charge in [-0.2, -0.15) is 0 Å². The fourth-order valence-electron chi connectivity index (χ4n) is 3.82. The van der Waals surface area contributed by atoms with E-state index in [4.69, 9.17) is 25.7 Å². The van der Waals surface area contributed by atoms with Crippen LogP contribution in [-0.4, -0.2) is 47.9 Å². The number of hydrogen-bond acceptors (Lipinski definition) is 10. The zero-order chi connectivity index (χ0) is 24.7. The van der Waals surface area contributed by atoms with Crippen LogP contribution in [0.5, 0.6) is 11.5 Å². The van der Waals surface area contributed by atoms with Crippen molar-refractivity contribution in [2.24, 2.45) is 0 Å². The predicted octanol–water partition coefficient (Wildman–Crippen LogP) is 2.98. The summed E-state index contributed by atoms with van der Waals surface area (Å²) < 4.78 is 17.4. The Kier molecular flexibility index (Phi) is 7.15. The first-order valence-electron chi connectivity index (χ1n) is 11.8. The summed E-state index contributed by atoms with van der Waals surface area (Å²) in [5, 5.41) is 3.94. The van der Waals surface area contributed by atoms with Gasteiger partial charge in [0.15, 0.2) is 0 Å². The normalized spacial score (nSPS) is 13.1. The van der Waals surface area contributed by atoms with E-state index in [2.05, 4.69) is 20.9 Å². The molecule has 10 nitrogen and oxygen atoms in total. The van der Waals surface area contributed by atoms with Gasteiger partial charge < -0.3 is 31.1 Å². The second kappa shape index (κ2) is 11.0. The van der Waals surface area contributed by atoms with E-state index in [1.165, 1.54) is 0 Å². The lowest BCUT2D eigenvalue weighted by Crippen LogP contribution is -2.38. The van der Waals surface area contributed by atoms with Crippen LogP contribution in [0.15, 0.2) is 72.6 Å². The van der Waals surface area contributed by atoms with E-state index in [9.17, 15) is 0 Å². The minimum absolute atomic E-state index is 0.468. The number of nitrogens with zero attached hydrogens (tertiary/aromatic N) is 3. The lowest BCUT2D eigenvalue weighted by Gasteiger charge is -2.15. The molecule has 4 aromatic rings. The van der Waals surface area contributed by atoms with Crippen molar-refractivity contribution >= 4 is 33.4 Å². The SMILES string of the molecule is Nc1ccc2cc(OCCOCCN3C=C(CCOc4ccc5nc(N)ccc5c4)NN3)ccc2n1. The number of benzene rings is 2. The average molecular weight is 488 g/mol. The molecule has 0 amide bonds. The first-order chi connectivity index (χ1) is 17.6. The molecule has 0 unspecified atom stereocenters. The second-order valence-electron chi connectivity index (χ2n) is 8.33. The summed E-state index contributed by atoms with van der Waals surface area (Å²) in [6.07, 6.45) is 2.76. The van der Waals surface area contributed by atoms with Gasteiger partial charge in [0.05, 0.1) is 37.4 Å². The summed E-state index contributed by atoms with van der Waals surface area (Å²) >= 11 is 0. The Morgan fingerprint density at radius 1 is 0.722 bits per heavy atom. The third-order valence-corrected chi connectivity index (χ3v) is 5.65. The van der Waals surface area contributed by atoms with Crippen molar-refractivity contribution in [1.29, 1.82) is 0 Å². The van der Waals surface area contributed by atoms with E-state index in [1.54, 1.807) is 12.1 Å². The van der Waals surface area contributed by atoms with Crippen LogP contribution in [-0.2, 0) is 4.74 Å². The molecule has 186 valence electrons. The molecule has 6 N–H and O–H groups in total. The van der Waals surface area contributed by atoms with Crippen molar-refractivity contribution in [3.05, 3.63) is 72.6 Å². The highest BCUT2D eigenvalue weighted by atomic mass is 16.5. The summed E-state index contributed by atoms with van der Waals surface area (Å²) in [6, 6.07) is 19.0. The van der Waals surface area contributed by atoms with Crippen molar-refractivity contribution in [1.82, 2.24) is 25.9 Å². The number of hydrazine groups is 2. The van der Waals surface area contributed by atoms with E-state index >= 15 is 0 Å². The van der Waals surface area contributed by atoms with Crippen LogP contribution >= 0.6 is 0 Å². The highest BCUT2D eigenvalue weighted by molar-refractivity contribution is 5.82. The lowest BCUT2D eigenvalue weighted by molar-refractivity contribution is 0.0800. The number of fused-ring (bicyclic) bond motifs is 2. The first kappa shape index (κ1) is 23.5. The molecule has 0 bridgehead atoms. The third-order valence-electron chi connectivity index (χ3n) is 5.65. The minimum atomic E-state index is 0.468. The fraction of sp³-hybridized carbons (Fsp3) is 0.231. The maximum absolute atomic E-state index is 5.90. The van der Waals surface area contributed by atoms with Crippen LogP contribution < -0.4 is 31.9 Å². The van der Waals surface area contributed by atoms with Gasteiger partial charge >= 0.3 is 0 Å². The molecule has 0 spiro atoms. The molecule has 2 aromatic heterocycles. The van der Waals surface area contributed by atoms with Gasteiger partial charge in [0.25, 0.3) is 0 Å². The van der Waals surface area contributed by atoms with Gasteiger partial charge in [0, 0.05) is 29.1 Å². The van der Waals surface area contributed by atoms with E-state index in [0.717, 1.165) is 45.4 Å². The fourth-order valence-corrected chi connectivity index (χ4v) is 3.82. The smallest absolute Gasteiger partial charge is 0.124 e. The van der Waals surface area contributed by atoms with Gasteiger partial charge in [0.2, 0.25) is 0 Å². The number of rotatable bonds is 11. The molecule has 0 saturated heterocycles. The molecule has 10 heteroatoms. The van der Waals surface area contributed by atoms with Crippen LogP contribution in [0.2, 0.25) is 0 Å². The number of nitrogens with one attached hydrogen (secondary N) is 2. The average Bonchev–Trinajstić information content (AvgIpc) is 3.33. The largest absolute Gasteiger partial charge is 0.493 e. The molecule has 0 aliphatic carbocycles. The second-order valence-corrected chi connectivity index (χ2v) is 8.33. The van der Waals surface area contributed by atoms with E-state index in [-0.39, 0.29) is 0 Å². The van der Waals surface area contributed by atoms with Crippen LogP contribution in [0.3, 0.4) is 0 Å². The summed E-state index contributed by atoms with van der Waals surface area (Å²) in [5.41, 5.74) is 20.5. The lowest BCUT2D eigenvalue weighted by atomic mass is 10.2. The zero-order valence-corrected chi connectivity index (χ0v) is 19.8. The standard InChI is InChI=1S/C26H29N7O3/c27-25-7-1-18-15-21(3-5-23(18)29-25)35-11-9-20-17-33(32-31-20)10-12-34-13-14-36-22-4-6-24-19(16-22)2-8-26(28)30-24/h1-8,15-17,31-32H,9-14H2,(H2,27,29)(H2,28,30). The van der Waals surface area contributed by atoms with E-state index in [1.807, 2.05) is 59.7 Å². The molecule has 0 fully saturated rings. The van der Waals surface area contributed by atoms with Gasteiger partial charge in [0.1, 0.15) is 29.7 Å². The summed E-state index contributed by atoms with van der Waals surface area (Å²) in [7, 11) is 0. The van der Waals surface area contributed by atoms with Crippen LogP contribution in [0.1, 0.15) is 6.42 Å². The third kappa shape index (κ3) is 6.04. The Morgan fingerprint density at radius 2 is 1.36 bits per heavy atom. The summed E-state index contributed by atoms with van der Waals surface area (Å²) in [4.78, 5) is 8.59. The quantitative estimate of drug-likeness (QED) is 0.234. The topological polar surface area (TPSA) is 133 Å². The van der Waals surface area contributed by atoms with E-state index in [0.29, 0.717) is 44.6 Å². The van der Waals surface area contributed by atoms with Crippen LogP contribution in [0, 0.1) is 0 Å². The number of pyridine rings is 2. The van der Waals surface area contributed by atoms with Crippen molar-refractivity contribution in [2.45, 2.75) is 6.42 Å². The van der Waals surface area contributed by atoms with Crippen molar-refractivity contribution in [2.75, 3.05) is 44.4 Å². The van der Waals surface area contributed by atoms with Crippen molar-refractivity contribution in [3.63, 3.8) is 0 Å². The molecular weight excluding hydrogens is 458 g/mol. The van der Waals surface area contributed by atoms with Gasteiger partial charge in [-0.05, 0) is 60.7 Å². The number of ether oxygens (including phenoxy) is 3. The molecule has 0 saturated carbocycles. The molecule has 3 heterocycles. The van der Waals surface area contributed by atoms with Gasteiger partial charge in [-0.3, -0.25) is 5.01 Å². The first-order valence-corrected chi connectivity index (χ1v) is 11.8. The van der Waals surface area contributed by atoms with Gasteiger partial charge in [-0.25, -0.2) is 9.97 Å². The Labute approximate surface area is 208 Å². The Balaban J connectivity index is 0.974. The summed E-state index contributed by atoms with van der Waals surface area (Å²) in [5.74, 6) is 2.60. The minimum Gasteiger partial charge on any atom is -0.493 e. The molecular formula is C26H29N7O3. The maximum Gasteiger partial charge on any atom is 0.124 e. The Hall–Kier alpha value is -4.28. The molecule has 0 atom stereocenters. The number of nitrogens with two attached hydrogens (primary N) is 2. The molecule has 2 aromatic carbocycles. The molecule has 36 heavy (non-hydrogen) atoms. The monoisotopic (exact) mass is 487 g/mol. The number of hydrogen-bond donors (Lipinski definition) is 4. The number of anilines is 2.